The second-order valence-corrected chi connectivity index (χ2v) is 5.54. The second-order valence-electron chi connectivity index (χ2n) is 5.13. The molecule has 2 rings (SSSR count). The third-order valence-corrected chi connectivity index (χ3v) is 3.72. The number of halogens is 2. The van der Waals surface area contributed by atoms with Gasteiger partial charge in [0.25, 0.3) is 5.91 Å². The number of aliphatic hydroxyl groups is 1. The maximum absolute atomic E-state index is 12.2. The Bertz CT molecular complexity index is 500. The van der Waals surface area contributed by atoms with Gasteiger partial charge in [0.15, 0.2) is 0 Å². The Morgan fingerprint density at radius 2 is 2.32 bits per heavy atom. The lowest BCUT2D eigenvalue weighted by Crippen LogP contribution is -2.52. The third kappa shape index (κ3) is 5.02. The van der Waals surface area contributed by atoms with Crippen molar-refractivity contribution in [2.45, 2.75) is 31.9 Å². The Balaban J connectivity index is 0.00000242. The number of ether oxygens (including phenoxy) is 1. The van der Waals surface area contributed by atoms with Gasteiger partial charge in [-0.05, 0) is 37.6 Å². The van der Waals surface area contributed by atoms with Crippen LogP contribution in [0.4, 0.5) is 0 Å². The minimum atomic E-state index is -0.565. The van der Waals surface area contributed by atoms with Gasteiger partial charge in [0.1, 0.15) is 5.75 Å². The van der Waals surface area contributed by atoms with Gasteiger partial charge in [-0.1, -0.05) is 18.5 Å². The van der Waals surface area contributed by atoms with E-state index in [4.69, 9.17) is 16.3 Å². The molecule has 0 spiro atoms. The molecular formula is C15H22Cl2N2O3. The van der Waals surface area contributed by atoms with Gasteiger partial charge in [-0.2, -0.15) is 0 Å². The summed E-state index contributed by atoms with van der Waals surface area (Å²) >= 11 is 6.12. The quantitative estimate of drug-likeness (QED) is 0.761. The van der Waals surface area contributed by atoms with Crippen LogP contribution < -0.4 is 15.4 Å². The molecule has 0 aromatic heterocycles. The molecule has 1 aliphatic rings. The average molecular weight is 349 g/mol. The number of carbonyl (C=O) groups is 1. The lowest BCUT2D eigenvalue weighted by atomic mass is 10.0. The first-order valence-electron chi connectivity index (χ1n) is 7.23. The van der Waals surface area contributed by atoms with E-state index in [9.17, 15) is 9.90 Å². The average Bonchev–Trinajstić information content (AvgIpc) is 2.48. The van der Waals surface area contributed by atoms with Crippen LogP contribution in [0.1, 0.15) is 30.1 Å². The highest BCUT2D eigenvalue weighted by molar-refractivity contribution is 6.32. The topological polar surface area (TPSA) is 70.6 Å². The summed E-state index contributed by atoms with van der Waals surface area (Å²) < 4.78 is 5.48. The number of carbonyl (C=O) groups excluding carboxylic acids is 1. The van der Waals surface area contributed by atoms with Crippen molar-refractivity contribution in [2.24, 2.45) is 0 Å². The highest BCUT2D eigenvalue weighted by Gasteiger charge is 2.24. The van der Waals surface area contributed by atoms with Crippen LogP contribution in [0.15, 0.2) is 18.2 Å². The lowest BCUT2D eigenvalue weighted by molar-refractivity contribution is 0.0765. The molecule has 1 aromatic rings. The molecule has 0 unspecified atom stereocenters. The van der Waals surface area contributed by atoms with E-state index >= 15 is 0 Å². The fraction of sp³-hybridized carbons (Fsp3) is 0.533. The maximum Gasteiger partial charge on any atom is 0.251 e. The summed E-state index contributed by atoms with van der Waals surface area (Å²) in [7, 11) is 0. The van der Waals surface area contributed by atoms with E-state index in [1.165, 1.54) is 0 Å². The molecule has 1 amide bonds. The van der Waals surface area contributed by atoms with Crippen LogP contribution >= 0.6 is 24.0 Å². The van der Waals surface area contributed by atoms with E-state index in [0.29, 0.717) is 35.9 Å². The van der Waals surface area contributed by atoms with Gasteiger partial charge < -0.3 is 20.5 Å². The number of hydrogen-bond acceptors (Lipinski definition) is 4. The Morgan fingerprint density at radius 3 is 2.95 bits per heavy atom. The Labute approximate surface area is 141 Å². The fourth-order valence-corrected chi connectivity index (χ4v) is 2.47. The van der Waals surface area contributed by atoms with Gasteiger partial charge in [-0.3, -0.25) is 4.79 Å². The van der Waals surface area contributed by atoms with Crippen LogP contribution in [-0.2, 0) is 0 Å². The van der Waals surface area contributed by atoms with Crippen LogP contribution in [0.2, 0.25) is 5.02 Å². The van der Waals surface area contributed by atoms with Crippen molar-refractivity contribution >= 4 is 29.9 Å². The van der Waals surface area contributed by atoms with E-state index in [2.05, 4.69) is 10.6 Å². The van der Waals surface area contributed by atoms with Crippen LogP contribution in [0.3, 0.4) is 0 Å². The Hall–Kier alpha value is -1.01. The molecule has 22 heavy (non-hydrogen) atoms. The minimum absolute atomic E-state index is 0. The number of amides is 1. The fourth-order valence-electron chi connectivity index (χ4n) is 2.23. The first-order valence-corrected chi connectivity index (χ1v) is 7.61. The predicted octanol–water partition coefficient (Wildman–Crippen LogP) is 2.00. The van der Waals surface area contributed by atoms with Crippen molar-refractivity contribution in [3.8, 4) is 5.75 Å². The van der Waals surface area contributed by atoms with Crippen molar-refractivity contribution in [1.29, 1.82) is 0 Å². The lowest BCUT2D eigenvalue weighted by Gasteiger charge is -2.29. The number of nitrogens with one attached hydrogen (secondary N) is 2. The third-order valence-electron chi connectivity index (χ3n) is 3.42. The summed E-state index contributed by atoms with van der Waals surface area (Å²) in [6, 6.07) is 4.74. The summed E-state index contributed by atoms with van der Waals surface area (Å²) in [5, 5.41) is 16.2. The SMILES string of the molecule is CCCOc1ccc(C(=O)N[C@@H]2CCNC[C@H]2O)cc1Cl.Cl. The smallest absolute Gasteiger partial charge is 0.251 e. The van der Waals surface area contributed by atoms with E-state index in [1.54, 1.807) is 18.2 Å². The largest absolute Gasteiger partial charge is 0.492 e. The molecule has 2 atom stereocenters. The summed E-state index contributed by atoms with van der Waals surface area (Å²) in [5.41, 5.74) is 0.467. The molecule has 0 bridgehead atoms. The van der Waals surface area contributed by atoms with Crippen molar-refractivity contribution < 1.29 is 14.6 Å². The van der Waals surface area contributed by atoms with Crippen molar-refractivity contribution in [3.63, 3.8) is 0 Å². The molecule has 1 fully saturated rings. The molecule has 5 nitrogen and oxygen atoms in total. The molecule has 0 aliphatic carbocycles. The van der Waals surface area contributed by atoms with Crippen LogP contribution in [0, 0.1) is 0 Å². The molecule has 1 aliphatic heterocycles. The van der Waals surface area contributed by atoms with Gasteiger partial charge in [0.05, 0.1) is 23.8 Å². The maximum atomic E-state index is 12.2. The number of piperidine rings is 1. The van der Waals surface area contributed by atoms with Crippen LogP contribution in [-0.4, -0.2) is 42.9 Å². The van der Waals surface area contributed by atoms with Gasteiger partial charge in [-0.25, -0.2) is 0 Å². The first kappa shape index (κ1) is 19.0. The Kier molecular flexibility index (Phi) is 7.96. The van der Waals surface area contributed by atoms with Crippen molar-refractivity contribution in [2.75, 3.05) is 19.7 Å². The standard InChI is InChI=1S/C15H21ClN2O3.ClH/c1-2-7-21-14-4-3-10(8-11(14)16)15(20)18-12-5-6-17-9-13(12)19;/h3-4,8,12-13,17,19H,2,5-7,9H2,1H3,(H,18,20);1H/t12-,13-;/m1./s1. The summed E-state index contributed by atoms with van der Waals surface area (Å²) in [5.74, 6) is 0.349. The molecule has 1 saturated heterocycles. The second kappa shape index (κ2) is 9.20. The number of aliphatic hydroxyl groups excluding tert-OH is 1. The molecule has 3 N–H and O–H groups in total. The predicted molar refractivity (Wildman–Crippen MR) is 89.2 cm³/mol. The number of β-amino-alcohol motifs (C(OH)–C–C–N with tert-alkyl or cyclic N) is 1. The molecule has 1 aromatic carbocycles. The molecular weight excluding hydrogens is 327 g/mol. The minimum Gasteiger partial charge on any atom is -0.492 e. The van der Waals surface area contributed by atoms with Gasteiger partial charge in [0.2, 0.25) is 0 Å². The molecule has 0 radical (unpaired) electrons. The molecule has 7 heteroatoms. The van der Waals surface area contributed by atoms with Crippen molar-refractivity contribution in [1.82, 2.24) is 10.6 Å². The van der Waals surface area contributed by atoms with E-state index in [1.807, 2.05) is 6.92 Å². The van der Waals surface area contributed by atoms with Gasteiger partial charge in [0, 0.05) is 12.1 Å². The summed E-state index contributed by atoms with van der Waals surface area (Å²) in [6.45, 7) is 3.88. The highest BCUT2D eigenvalue weighted by atomic mass is 35.5. The zero-order valence-electron chi connectivity index (χ0n) is 12.5. The first-order chi connectivity index (χ1) is 10.1. The van der Waals surface area contributed by atoms with Gasteiger partial charge >= 0.3 is 0 Å². The zero-order chi connectivity index (χ0) is 15.2. The van der Waals surface area contributed by atoms with E-state index in [0.717, 1.165) is 13.0 Å². The summed E-state index contributed by atoms with van der Waals surface area (Å²) in [4.78, 5) is 12.2. The zero-order valence-corrected chi connectivity index (χ0v) is 14.0. The molecule has 124 valence electrons. The summed E-state index contributed by atoms with van der Waals surface area (Å²) in [6.07, 6.45) is 1.04. The van der Waals surface area contributed by atoms with Crippen LogP contribution in [0.25, 0.3) is 0 Å². The highest BCUT2D eigenvalue weighted by Crippen LogP contribution is 2.25. The molecule has 0 saturated carbocycles. The number of benzene rings is 1. The normalized spacial score (nSPS) is 20.9. The number of rotatable bonds is 5. The van der Waals surface area contributed by atoms with E-state index < -0.39 is 6.10 Å². The Morgan fingerprint density at radius 1 is 1.55 bits per heavy atom. The van der Waals surface area contributed by atoms with E-state index in [-0.39, 0.29) is 24.4 Å². The van der Waals surface area contributed by atoms with Crippen molar-refractivity contribution in [3.05, 3.63) is 28.8 Å². The monoisotopic (exact) mass is 348 g/mol. The number of hydrogen-bond donors (Lipinski definition) is 3. The van der Waals surface area contributed by atoms with Crippen LogP contribution in [0.5, 0.6) is 5.75 Å². The van der Waals surface area contributed by atoms with Gasteiger partial charge in [-0.15, -0.1) is 12.4 Å². The molecule has 1 heterocycles.